The van der Waals surface area contributed by atoms with Gasteiger partial charge in [-0.25, -0.2) is 4.79 Å². The molecule has 0 fully saturated rings. The molecule has 1 aromatic heterocycles. The van der Waals surface area contributed by atoms with Crippen molar-refractivity contribution in [1.82, 2.24) is 4.57 Å². The zero-order valence-corrected chi connectivity index (χ0v) is 11.6. The van der Waals surface area contributed by atoms with E-state index < -0.39 is 5.97 Å². The van der Waals surface area contributed by atoms with Crippen LogP contribution in [0.15, 0.2) is 18.3 Å². The number of fused-ring (bicyclic) bond motifs is 1. The highest BCUT2D eigenvalue weighted by molar-refractivity contribution is 6.03. The quantitative estimate of drug-likeness (QED) is 0.746. The van der Waals surface area contributed by atoms with Crippen LogP contribution in [0.1, 0.15) is 27.9 Å². The van der Waals surface area contributed by atoms with Crippen molar-refractivity contribution in [3.05, 3.63) is 35.0 Å². The van der Waals surface area contributed by atoms with Gasteiger partial charge in [0.2, 0.25) is 0 Å². The van der Waals surface area contributed by atoms with E-state index in [1.165, 1.54) is 0 Å². The lowest BCUT2D eigenvalue weighted by Gasteiger charge is -2.07. The highest BCUT2D eigenvalue weighted by Crippen LogP contribution is 2.27. The SMILES string of the molecule is Cc1cc(C(=O)O)c2c(c1)c(CCCO)cn2CCN. The van der Waals surface area contributed by atoms with E-state index >= 15 is 0 Å². The highest BCUT2D eigenvalue weighted by atomic mass is 16.4. The molecule has 2 aromatic rings. The molecule has 0 atom stereocenters. The van der Waals surface area contributed by atoms with Gasteiger partial charge in [-0.1, -0.05) is 0 Å². The Morgan fingerprint density at radius 3 is 2.75 bits per heavy atom. The number of aliphatic hydroxyl groups excluding tert-OH is 1. The number of carboxylic acid groups (broad SMARTS) is 1. The van der Waals surface area contributed by atoms with Crippen LogP contribution in [-0.2, 0) is 13.0 Å². The summed E-state index contributed by atoms with van der Waals surface area (Å²) in [6, 6.07) is 3.69. The molecule has 20 heavy (non-hydrogen) atoms. The van der Waals surface area contributed by atoms with Crippen molar-refractivity contribution in [3.63, 3.8) is 0 Å². The molecule has 4 N–H and O–H groups in total. The molecule has 0 unspecified atom stereocenters. The van der Waals surface area contributed by atoms with Crippen LogP contribution in [0.5, 0.6) is 0 Å². The van der Waals surface area contributed by atoms with E-state index in [0.717, 1.165) is 28.5 Å². The van der Waals surface area contributed by atoms with Gasteiger partial charge in [-0.05, 0) is 43.0 Å². The van der Waals surface area contributed by atoms with Gasteiger partial charge in [-0.3, -0.25) is 0 Å². The lowest BCUT2D eigenvalue weighted by Crippen LogP contribution is -2.10. The Morgan fingerprint density at radius 1 is 1.40 bits per heavy atom. The third-order valence-corrected chi connectivity index (χ3v) is 3.40. The minimum atomic E-state index is -0.927. The first kappa shape index (κ1) is 14.6. The summed E-state index contributed by atoms with van der Waals surface area (Å²) in [5, 5.41) is 19.3. The maximum absolute atomic E-state index is 11.5. The maximum Gasteiger partial charge on any atom is 0.337 e. The molecule has 1 heterocycles. The first-order chi connectivity index (χ1) is 9.58. The number of nitrogens with zero attached hydrogens (tertiary/aromatic N) is 1. The summed E-state index contributed by atoms with van der Waals surface area (Å²) in [7, 11) is 0. The number of aryl methyl sites for hydroxylation is 2. The topological polar surface area (TPSA) is 88.5 Å². The molecule has 0 amide bonds. The van der Waals surface area contributed by atoms with Crippen molar-refractivity contribution in [2.75, 3.05) is 13.2 Å². The number of benzene rings is 1. The molecule has 0 aliphatic heterocycles. The highest BCUT2D eigenvalue weighted by Gasteiger charge is 2.16. The van der Waals surface area contributed by atoms with E-state index in [9.17, 15) is 9.90 Å². The van der Waals surface area contributed by atoms with Crippen LogP contribution in [0.2, 0.25) is 0 Å². The van der Waals surface area contributed by atoms with Crippen LogP contribution >= 0.6 is 0 Å². The largest absolute Gasteiger partial charge is 0.478 e. The first-order valence-corrected chi connectivity index (χ1v) is 6.75. The summed E-state index contributed by atoms with van der Waals surface area (Å²) in [5.41, 5.74) is 8.63. The number of aliphatic hydroxyl groups is 1. The number of nitrogens with two attached hydrogens (primary N) is 1. The Kier molecular flexibility index (Phi) is 4.42. The fourth-order valence-corrected chi connectivity index (χ4v) is 2.60. The number of hydrogen-bond acceptors (Lipinski definition) is 3. The van der Waals surface area contributed by atoms with Crippen LogP contribution in [-0.4, -0.2) is 33.9 Å². The van der Waals surface area contributed by atoms with Gasteiger partial charge < -0.3 is 20.5 Å². The van der Waals surface area contributed by atoms with Gasteiger partial charge in [0.25, 0.3) is 0 Å². The standard InChI is InChI=1S/C15H20N2O3/c1-10-7-12-11(3-2-6-18)9-17(5-4-16)14(12)13(8-10)15(19)20/h7-9,18H,2-6,16H2,1H3,(H,19,20). The van der Waals surface area contributed by atoms with Crippen molar-refractivity contribution in [2.24, 2.45) is 5.73 Å². The van der Waals surface area contributed by atoms with Crippen molar-refractivity contribution in [3.8, 4) is 0 Å². The molecule has 1 aromatic carbocycles. The lowest BCUT2D eigenvalue weighted by molar-refractivity contribution is 0.0698. The Bertz CT molecular complexity index is 632. The Morgan fingerprint density at radius 2 is 2.15 bits per heavy atom. The summed E-state index contributed by atoms with van der Waals surface area (Å²) in [6.45, 7) is 3.05. The van der Waals surface area contributed by atoms with Gasteiger partial charge in [-0.2, -0.15) is 0 Å². The van der Waals surface area contributed by atoms with Crippen LogP contribution in [0.25, 0.3) is 10.9 Å². The molecule has 0 saturated carbocycles. The predicted octanol–water partition coefficient (Wildman–Crippen LogP) is 1.53. The van der Waals surface area contributed by atoms with E-state index in [0.29, 0.717) is 25.1 Å². The second-order valence-electron chi connectivity index (χ2n) is 4.98. The van der Waals surface area contributed by atoms with E-state index in [1.54, 1.807) is 6.07 Å². The molecule has 5 heteroatoms. The molecule has 0 aliphatic carbocycles. The van der Waals surface area contributed by atoms with Crippen molar-refractivity contribution in [2.45, 2.75) is 26.3 Å². The normalized spacial score (nSPS) is 11.2. The van der Waals surface area contributed by atoms with E-state index in [4.69, 9.17) is 10.8 Å². The third-order valence-electron chi connectivity index (χ3n) is 3.40. The Balaban J connectivity index is 2.68. The van der Waals surface area contributed by atoms with Gasteiger partial charge in [-0.15, -0.1) is 0 Å². The Labute approximate surface area is 117 Å². The van der Waals surface area contributed by atoms with Gasteiger partial charge in [0.15, 0.2) is 0 Å². The molecule has 0 bridgehead atoms. The molecule has 2 rings (SSSR count). The molecule has 0 saturated heterocycles. The molecule has 5 nitrogen and oxygen atoms in total. The van der Waals surface area contributed by atoms with Crippen LogP contribution < -0.4 is 5.73 Å². The number of hydrogen-bond donors (Lipinski definition) is 3. The number of aromatic nitrogens is 1. The third kappa shape index (κ3) is 2.69. The number of aromatic carboxylic acids is 1. The predicted molar refractivity (Wildman–Crippen MR) is 78.1 cm³/mol. The average Bonchev–Trinajstić information content (AvgIpc) is 2.74. The van der Waals surface area contributed by atoms with Crippen molar-refractivity contribution < 1.29 is 15.0 Å². The monoisotopic (exact) mass is 276 g/mol. The second kappa shape index (κ2) is 6.07. The first-order valence-electron chi connectivity index (χ1n) is 6.75. The zero-order chi connectivity index (χ0) is 14.7. The number of carboxylic acids is 1. The van der Waals surface area contributed by atoms with Crippen LogP contribution in [0.4, 0.5) is 0 Å². The molecular weight excluding hydrogens is 256 g/mol. The summed E-state index contributed by atoms with van der Waals surface area (Å²) in [5.74, 6) is -0.927. The van der Waals surface area contributed by atoms with Gasteiger partial charge in [0.05, 0.1) is 11.1 Å². The summed E-state index contributed by atoms with van der Waals surface area (Å²) >= 11 is 0. The van der Waals surface area contributed by atoms with Gasteiger partial charge in [0, 0.05) is 31.3 Å². The number of carbonyl (C=O) groups is 1. The molecule has 0 aliphatic rings. The second-order valence-corrected chi connectivity index (χ2v) is 4.98. The van der Waals surface area contributed by atoms with E-state index in [-0.39, 0.29) is 6.61 Å². The van der Waals surface area contributed by atoms with Gasteiger partial charge >= 0.3 is 5.97 Å². The lowest BCUT2D eigenvalue weighted by atomic mass is 10.0. The average molecular weight is 276 g/mol. The van der Waals surface area contributed by atoms with Crippen LogP contribution in [0.3, 0.4) is 0 Å². The van der Waals surface area contributed by atoms with Gasteiger partial charge in [0.1, 0.15) is 0 Å². The summed E-state index contributed by atoms with van der Waals surface area (Å²) < 4.78 is 1.91. The van der Waals surface area contributed by atoms with E-state index in [2.05, 4.69) is 0 Å². The minimum Gasteiger partial charge on any atom is -0.478 e. The Hall–Kier alpha value is -1.85. The van der Waals surface area contributed by atoms with Crippen LogP contribution in [0, 0.1) is 6.92 Å². The summed E-state index contributed by atoms with van der Waals surface area (Å²) in [4.78, 5) is 11.5. The minimum absolute atomic E-state index is 0.126. The fraction of sp³-hybridized carbons (Fsp3) is 0.400. The smallest absolute Gasteiger partial charge is 0.337 e. The fourth-order valence-electron chi connectivity index (χ4n) is 2.60. The maximum atomic E-state index is 11.5. The van der Waals surface area contributed by atoms with E-state index in [1.807, 2.05) is 23.8 Å². The van der Waals surface area contributed by atoms with Crippen molar-refractivity contribution >= 4 is 16.9 Å². The zero-order valence-electron chi connectivity index (χ0n) is 11.6. The molecular formula is C15H20N2O3. The molecule has 0 radical (unpaired) electrons. The molecule has 0 spiro atoms. The number of rotatable bonds is 6. The molecule has 108 valence electrons. The summed E-state index contributed by atoms with van der Waals surface area (Å²) in [6.07, 6.45) is 3.35. The van der Waals surface area contributed by atoms with Crippen molar-refractivity contribution in [1.29, 1.82) is 0 Å².